The number of aromatic nitrogens is 4. The highest BCUT2D eigenvalue weighted by atomic mass is 16.7. The lowest BCUT2D eigenvalue weighted by atomic mass is 10.0. The Morgan fingerprint density at radius 2 is 1.90 bits per heavy atom. The second-order valence-corrected chi connectivity index (χ2v) is 9.91. The largest absolute Gasteiger partial charge is 0.480 e. The number of carbonyl (C=O) groups is 3. The number of carboxylic acids is 1. The number of rotatable bonds is 6. The molecule has 4 heterocycles. The number of fused-ring (bicyclic) bond motifs is 2. The van der Waals surface area contributed by atoms with Gasteiger partial charge < -0.3 is 29.4 Å². The van der Waals surface area contributed by atoms with E-state index in [1.807, 2.05) is 41.8 Å². The number of nitrogens with one attached hydrogen (secondary N) is 2. The number of nitrogens with zero attached hydrogens (tertiary/aromatic N) is 5. The third kappa shape index (κ3) is 4.46. The van der Waals surface area contributed by atoms with Crippen LogP contribution in [-0.2, 0) is 19.1 Å². The van der Waals surface area contributed by atoms with Crippen LogP contribution in [-0.4, -0.2) is 78.8 Å². The number of ether oxygens (including phenoxy) is 2. The quantitative estimate of drug-likeness (QED) is 0.429. The molecule has 39 heavy (non-hydrogen) atoms. The highest BCUT2D eigenvalue weighted by molar-refractivity contribution is 5.95. The van der Waals surface area contributed by atoms with Crippen LogP contribution < -0.4 is 10.6 Å². The van der Waals surface area contributed by atoms with Crippen LogP contribution in [0.3, 0.4) is 0 Å². The normalized spacial score (nSPS) is 28.0. The molecule has 3 aliphatic rings. The number of aliphatic carboxylic acids is 1. The Bertz CT molecular complexity index is 1400. The minimum Gasteiger partial charge on any atom is -0.480 e. The first-order chi connectivity index (χ1) is 19.0. The molecule has 6 atom stereocenters. The van der Waals surface area contributed by atoms with Gasteiger partial charge in [0.05, 0.1) is 18.3 Å². The van der Waals surface area contributed by atoms with E-state index in [-0.39, 0.29) is 17.8 Å². The molecule has 2 aliphatic heterocycles. The number of anilines is 1. The van der Waals surface area contributed by atoms with Crippen LogP contribution in [0.4, 0.5) is 10.6 Å². The zero-order chi connectivity index (χ0) is 27.1. The fourth-order valence-electron chi connectivity index (χ4n) is 5.91. The van der Waals surface area contributed by atoms with Gasteiger partial charge in [-0.15, -0.1) is 0 Å². The van der Waals surface area contributed by atoms with E-state index < -0.39 is 42.5 Å². The van der Waals surface area contributed by atoms with Crippen molar-refractivity contribution in [2.75, 3.05) is 18.4 Å². The van der Waals surface area contributed by atoms with Gasteiger partial charge >= 0.3 is 12.0 Å². The lowest BCUT2D eigenvalue weighted by Crippen LogP contribution is -2.45. The van der Waals surface area contributed by atoms with E-state index in [4.69, 9.17) is 9.47 Å². The monoisotopic (exact) mass is 535 g/mol. The van der Waals surface area contributed by atoms with Crippen LogP contribution in [0.1, 0.15) is 44.1 Å². The molecule has 0 radical (unpaired) electrons. The molecule has 2 aromatic heterocycles. The zero-order valence-corrected chi connectivity index (χ0v) is 21.3. The molecule has 1 aliphatic carbocycles. The van der Waals surface area contributed by atoms with E-state index in [9.17, 15) is 19.5 Å². The van der Waals surface area contributed by atoms with Crippen LogP contribution in [0, 0.1) is 5.92 Å². The SMILES string of the molecule is CCNC(=O)Nc1ncnc2c1ncn2C1CC(C(=O)N2CCC[C@@H]2C(=O)O)C2O[C@H](c3ccccc3)OC21. The van der Waals surface area contributed by atoms with E-state index in [1.165, 1.54) is 11.2 Å². The number of imidazole rings is 1. The molecular formula is C26H29N7O6. The molecule has 1 aromatic carbocycles. The van der Waals surface area contributed by atoms with E-state index in [0.717, 1.165) is 5.56 Å². The van der Waals surface area contributed by atoms with Crippen molar-refractivity contribution in [3.63, 3.8) is 0 Å². The summed E-state index contributed by atoms with van der Waals surface area (Å²) < 4.78 is 14.6. The third-order valence-corrected chi connectivity index (χ3v) is 7.65. The summed E-state index contributed by atoms with van der Waals surface area (Å²) >= 11 is 0. The van der Waals surface area contributed by atoms with Gasteiger partial charge in [0.2, 0.25) is 5.91 Å². The number of hydrogen-bond acceptors (Lipinski definition) is 8. The Balaban J connectivity index is 1.34. The van der Waals surface area contributed by atoms with Crippen molar-refractivity contribution >= 4 is 34.9 Å². The summed E-state index contributed by atoms with van der Waals surface area (Å²) in [6.45, 7) is 2.66. The molecule has 3 fully saturated rings. The fraction of sp³-hybridized carbons (Fsp3) is 0.462. The smallest absolute Gasteiger partial charge is 0.326 e. The highest BCUT2D eigenvalue weighted by Crippen LogP contribution is 2.49. The van der Waals surface area contributed by atoms with Gasteiger partial charge in [-0.05, 0) is 26.2 Å². The van der Waals surface area contributed by atoms with Crippen LogP contribution in [0.5, 0.6) is 0 Å². The molecule has 13 nitrogen and oxygen atoms in total. The number of likely N-dealkylation sites (tertiary alicyclic amines) is 1. The molecule has 4 unspecified atom stereocenters. The summed E-state index contributed by atoms with van der Waals surface area (Å²) in [6, 6.07) is 7.86. The molecule has 3 amide bonds. The van der Waals surface area contributed by atoms with Gasteiger partial charge in [0, 0.05) is 18.7 Å². The Hall–Kier alpha value is -4.10. The van der Waals surface area contributed by atoms with Crippen LogP contribution >= 0.6 is 0 Å². The predicted molar refractivity (Wildman–Crippen MR) is 136 cm³/mol. The summed E-state index contributed by atoms with van der Waals surface area (Å²) in [7, 11) is 0. The summed E-state index contributed by atoms with van der Waals surface area (Å²) in [4.78, 5) is 52.3. The molecule has 3 N–H and O–H groups in total. The van der Waals surface area contributed by atoms with Crippen molar-refractivity contribution in [1.29, 1.82) is 0 Å². The zero-order valence-electron chi connectivity index (χ0n) is 21.3. The van der Waals surface area contributed by atoms with Gasteiger partial charge in [-0.2, -0.15) is 0 Å². The van der Waals surface area contributed by atoms with Crippen molar-refractivity contribution in [2.45, 2.75) is 56.8 Å². The first kappa shape index (κ1) is 25.2. The molecule has 204 valence electrons. The average Bonchev–Trinajstić information content (AvgIpc) is 3.72. The maximum atomic E-state index is 13.8. The lowest BCUT2D eigenvalue weighted by molar-refractivity contribution is -0.152. The number of carboxylic acid groups (broad SMARTS) is 1. The average molecular weight is 536 g/mol. The van der Waals surface area contributed by atoms with Gasteiger partial charge in [0.25, 0.3) is 0 Å². The fourth-order valence-corrected chi connectivity index (χ4v) is 5.91. The highest BCUT2D eigenvalue weighted by Gasteiger charge is 2.56. The Morgan fingerprint density at radius 1 is 1.10 bits per heavy atom. The molecule has 0 spiro atoms. The number of urea groups is 1. The van der Waals surface area contributed by atoms with Gasteiger partial charge in [0.1, 0.15) is 24.6 Å². The van der Waals surface area contributed by atoms with E-state index >= 15 is 0 Å². The number of amides is 3. The summed E-state index contributed by atoms with van der Waals surface area (Å²) in [5.41, 5.74) is 1.71. The molecule has 1 saturated carbocycles. The van der Waals surface area contributed by atoms with Crippen molar-refractivity contribution in [3.05, 3.63) is 48.5 Å². The second-order valence-electron chi connectivity index (χ2n) is 9.91. The molecule has 3 aromatic rings. The maximum absolute atomic E-state index is 13.8. The van der Waals surface area contributed by atoms with Crippen molar-refractivity contribution in [1.82, 2.24) is 29.7 Å². The minimum atomic E-state index is -0.998. The van der Waals surface area contributed by atoms with Crippen molar-refractivity contribution in [2.24, 2.45) is 5.92 Å². The number of hydrogen-bond donors (Lipinski definition) is 3. The summed E-state index contributed by atoms with van der Waals surface area (Å²) in [6.07, 6.45) is 2.60. The Labute approximate surface area is 223 Å². The number of benzene rings is 1. The lowest BCUT2D eigenvalue weighted by Gasteiger charge is -2.27. The van der Waals surface area contributed by atoms with Gasteiger partial charge in [-0.1, -0.05) is 30.3 Å². The van der Waals surface area contributed by atoms with Crippen LogP contribution in [0.25, 0.3) is 11.2 Å². The topological polar surface area (TPSA) is 161 Å². The van der Waals surface area contributed by atoms with Crippen molar-refractivity contribution < 1.29 is 29.0 Å². The Kier molecular flexibility index (Phi) is 6.61. The third-order valence-electron chi connectivity index (χ3n) is 7.65. The van der Waals surface area contributed by atoms with E-state index in [2.05, 4.69) is 25.6 Å². The first-order valence-electron chi connectivity index (χ1n) is 13.1. The standard InChI is InChI=1S/C26H29N7O6/c1-2-27-26(37)31-21-18-22(29-12-28-21)33(13-30-18)17-11-15(23(34)32-10-6-9-16(32)24(35)36)19-20(17)39-25(38-19)14-7-4-3-5-8-14/h3-5,7-8,12-13,15-17,19-20,25H,2,6,9-11H2,1H3,(H,35,36)(H2,27,28,29,31,37)/t15?,16-,17?,19?,20?,25+/m1/s1. The molecule has 2 saturated heterocycles. The molecule has 6 rings (SSSR count). The van der Waals surface area contributed by atoms with Crippen LogP contribution in [0.2, 0.25) is 0 Å². The van der Waals surface area contributed by atoms with E-state index in [0.29, 0.717) is 43.5 Å². The second kappa shape index (κ2) is 10.2. The van der Waals surface area contributed by atoms with Gasteiger partial charge in [0.15, 0.2) is 23.3 Å². The first-order valence-corrected chi connectivity index (χ1v) is 13.1. The summed E-state index contributed by atoms with van der Waals surface area (Å²) in [5, 5.41) is 15.0. The number of carbonyl (C=O) groups excluding carboxylic acids is 2. The molecule has 0 bridgehead atoms. The van der Waals surface area contributed by atoms with Crippen molar-refractivity contribution in [3.8, 4) is 0 Å². The predicted octanol–water partition coefficient (Wildman–Crippen LogP) is 2.09. The van der Waals surface area contributed by atoms with Gasteiger partial charge in [-0.25, -0.2) is 24.5 Å². The maximum Gasteiger partial charge on any atom is 0.326 e. The summed E-state index contributed by atoms with van der Waals surface area (Å²) in [5.74, 6) is -1.59. The van der Waals surface area contributed by atoms with Crippen LogP contribution in [0.15, 0.2) is 43.0 Å². The molecule has 13 heteroatoms. The van der Waals surface area contributed by atoms with E-state index in [1.54, 1.807) is 6.33 Å². The Morgan fingerprint density at radius 3 is 2.67 bits per heavy atom. The minimum absolute atomic E-state index is 0.243. The molecular weight excluding hydrogens is 506 g/mol. The van der Waals surface area contributed by atoms with Gasteiger partial charge in [-0.3, -0.25) is 10.1 Å².